The number of ether oxygens (including phenoxy) is 1. The molecule has 176 valence electrons. The summed E-state index contributed by atoms with van der Waals surface area (Å²) in [6.07, 6.45) is 3.30. The van der Waals surface area contributed by atoms with Crippen LogP contribution < -0.4 is 10.0 Å². The van der Waals surface area contributed by atoms with Gasteiger partial charge in [-0.25, -0.2) is 17.9 Å². The molecule has 0 bridgehead atoms. The van der Waals surface area contributed by atoms with Gasteiger partial charge in [-0.05, 0) is 70.4 Å². The number of nitrogens with one attached hydrogen (secondary N) is 2. The van der Waals surface area contributed by atoms with E-state index >= 15 is 0 Å². The van der Waals surface area contributed by atoms with Crippen LogP contribution in [0.15, 0.2) is 33.7 Å². The maximum atomic E-state index is 12.8. The van der Waals surface area contributed by atoms with Crippen LogP contribution >= 0.6 is 0 Å². The molecule has 2 aromatic rings. The number of carbonyl (C=O) groups is 1. The van der Waals surface area contributed by atoms with Crippen molar-refractivity contribution >= 4 is 16.1 Å². The van der Waals surface area contributed by atoms with Crippen LogP contribution in [0.25, 0.3) is 11.4 Å². The first-order chi connectivity index (χ1) is 15.0. The van der Waals surface area contributed by atoms with Gasteiger partial charge in [0.2, 0.25) is 21.7 Å². The molecule has 1 fully saturated rings. The Morgan fingerprint density at radius 3 is 2.41 bits per heavy atom. The number of amides is 1. The summed E-state index contributed by atoms with van der Waals surface area (Å²) < 4.78 is 38.5. The summed E-state index contributed by atoms with van der Waals surface area (Å²) >= 11 is 0. The van der Waals surface area contributed by atoms with E-state index in [1.807, 2.05) is 20.8 Å². The molecule has 1 heterocycles. The van der Waals surface area contributed by atoms with E-state index in [-0.39, 0.29) is 10.8 Å². The molecule has 0 saturated heterocycles. The summed E-state index contributed by atoms with van der Waals surface area (Å²) in [5, 5.41) is 6.68. The SMILES string of the molecule is Cc1nc(-c2cccc(S(=O)(=O)NC[C@H]3CC[C@H](CNC(=O)OC(C)(C)C)CC3)c2)no1. The number of hydrogen-bond acceptors (Lipinski definition) is 7. The third-order valence-corrected chi connectivity index (χ3v) is 6.81. The van der Waals surface area contributed by atoms with Gasteiger partial charge in [0, 0.05) is 25.6 Å². The fourth-order valence-corrected chi connectivity index (χ4v) is 4.87. The smallest absolute Gasteiger partial charge is 0.407 e. The molecule has 1 aliphatic carbocycles. The largest absolute Gasteiger partial charge is 0.444 e. The Hall–Kier alpha value is -2.46. The molecule has 2 N–H and O–H groups in total. The summed E-state index contributed by atoms with van der Waals surface area (Å²) in [5.41, 5.74) is 0.0749. The number of alkyl carbamates (subject to hydrolysis) is 1. The van der Waals surface area contributed by atoms with Crippen LogP contribution in [0.1, 0.15) is 52.3 Å². The summed E-state index contributed by atoms with van der Waals surface area (Å²) in [6.45, 7) is 8.15. The van der Waals surface area contributed by atoms with Crippen molar-refractivity contribution in [1.82, 2.24) is 20.2 Å². The van der Waals surface area contributed by atoms with E-state index in [9.17, 15) is 13.2 Å². The summed E-state index contributed by atoms with van der Waals surface area (Å²) in [5.74, 6) is 1.43. The van der Waals surface area contributed by atoms with E-state index in [0.29, 0.717) is 36.3 Å². The zero-order valence-corrected chi connectivity index (χ0v) is 19.9. The average molecular weight is 465 g/mol. The normalized spacial score (nSPS) is 19.5. The van der Waals surface area contributed by atoms with Crippen molar-refractivity contribution < 1.29 is 22.5 Å². The highest BCUT2D eigenvalue weighted by Gasteiger charge is 2.25. The van der Waals surface area contributed by atoms with Crippen LogP contribution in [0.4, 0.5) is 4.79 Å². The minimum atomic E-state index is -3.65. The molecule has 32 heavy (non-hydrogen) atoms. The fourth-order valence-electron chi connectivity index (χ4n) is 3.71. The van der Waals surface area contributed by atoms with Crippen LogP contribution in [0.3, 0.4) is 0 Å². The lowest BCUT2D eigenvalue weighted by molar-refractivity contribution is 0.0513. The Balaban J connectivity index is 1.47. The molecule has 10 heteroatoms. The first-order valence-electron chi connectivity index (χ1n) is 10.9. The summed E-state index contributed by atoms with van der Waals surface area (Å²) in [6, 6.07) is 6.51. The number of aryl methyl sites for hydroxylation is 1. The molecule has 1 aliphatic rings. The van der Waals surface area contributed by atoms with E-state index < -0.39 is 21.7 Å². The fraction of sp³-hybridized carbons (Fsp3) is 0.591. The van der Waals surface area contributed by atoms with Crippen molar-refractivity contribution in [1.29, 1.82) is 0 Å². The van der Waals surface area contributed by atoms with Crippen molar-refractivity contribution in [3.8, 4) is 11.4 Å². The second-order valence-electron chi connectivity index (χ2n) is 9.29. The summed E-state index contributed by atoms with van der Waals surface area (Å²) in [7, 11) is -3.65. The van der Waals surface area contributed by atoms with Crippen molar-refractivity contribution in [3.63, 3.8) is 0 Å². The first kappa shape index (κ1) is 24.2. The van der Waals surface area contributed by atoms with Crippen molar-refractivity contribution in [2.45, 2.75) is 63.9 Å². The monoisotopic (exact) mass is 464 g/mol. The maximum Gasteiger partial charge on any atom is 0.407 e. The third-order valence-electron chi connectivity index (χ3n) is 5.39. The van der Waals surface area contributed by atoms with E-state index in [1.54, 1.807) is 31.2 Å². The molecule has 0 atom stereocenters. The average Bonchev–Trinajstić information content (AvgIpc) is 3.17. The van der Waals surface area contributed by atoms with Crippen LogP contribution in [0.5, 0.6) is 0 Å². The molecule has 0 aliphatic heterocycles. The predicted molar refractivity (Wildman–Crippen MR) is 119 cm³/mol. The van der Waals surface area contributed by atoms with Gasteiger partial charge in [-0.1, -0.05) is 17.3 Å². The van der Waals surface area contributed by atoms with Gasteiger partial charge < -0.3 is 14.6 Å². The lowest BCUT2D eigenvalue weighted by Gasteiger charge is -2.29. The van der Waals surface area contributed by atoms with Gasteiger partial charge in [0.25, 0.3) is 0 Å². The Kier molecular flexibility index (Phi) is 7.55. The Morgan fingerprint density at radius 1 is 1.16 bits per heavy atom. The zero-order chi connectivity index (χ0) is 23.4. The van der Waals surface area contributed by atoms with Gasteiger partial charge in [-0.3, -0.25) is 0 Å². The Labute approximate surface area is 189 Å². The number of nitrogens with zero attached hydrogens (tertiary/aromatic N) is 2. The van der Waals surface area contributed by atoms with Gasteiger partial charge in [0.15, 0.2) is 0 Å². The Bertz CT molecular complexity index is 1020. The number of hydrogen-bond donors (Lipinski definition) is 2. The minimum Gasteiger partial charge on any atom is -0.444 e. The van der Waals surface area contributed by atoms with E-state index in [2.05, 4.69) is 20.2 Å². The van der Waals surface area contributed by atoms with Crippen molar-refractivity contribution in [2.24, 2.45) is 11.8 Å². The Morgan fingerprint density at radius 2 is 1.81 bits per heavy atom. The van der Waals surface area contributed by atoms with Crippen molar-refractivity contribution in [3.05, 3.63) is 30.2 Å². The van der Waals surface area contributed by atoms with Gasteiger partial charge in [0.05, 0.1) is 4.90 Å². The zero-order valence-electron chi connectivity index (χ0n) is 19.1. The topological polar surface area (TPSA) is 123 Å². The maximum absolute atomic E-state index is 12.8. The lowest BCUT2D eigenvalue weighted by atomic mass is 9.82. The van der Waals surface area contributed by atoms with Gasteiger partial charge in [-0.15, -0.1) is 0 Å². The molecule has 0 radical (unpaired) electrons. The molecule has 1 saturated carbocycles. The molecule has 3 rings (SSSR count). The molecule has 0 spiro atoms. The molecule has 1 amide bonds. The number of aromatic nitrogens is 2. The van der Waals surface area contributed by atoms with Crippen LogP contribution in [0, 0.1) is 18.8 Å². The van der Waals surface area contributed by atoms with E-state index in [4.69, 9.17) is 9.26 Å². The van der Waals surface area contributed by atoms with Crippen LogP contribution in [0.2, 0.25) is 0 Å². The number of sulfonamides is 1. The highest BCUT2D eigenvalue weighted by atomic mass is 32.2. The lowest BCUT2D eigenvalue weighted by Crippen LogP contribution is -2.37. The standard InChI is InChI=1S/C22H32N4O5S/c1-15-25-20(26-31-15)18-6-5-7-19(12-18)32(28,29)24-14-17-10-8-16(9-11-17)13-23-21(27)30-22(2,3)4/h5-7,12,16-17,24H,8-11,13-14H2,1-4H3,(H,23,27)/t16-,17-. The van der Waals surface area contributed by atoms with Crippen LogP contribution in [-0.2, 0) is 14.8 Å². The number of rotatable bonds is 7. The highest BCUT2D eigenvalue weighted by Crippen LogP contribution is 2.28. The number of benzene rings is 1. The molecule has 1 aromatic carbocycles. The third kappa shape index (κ3) is 7.03. The van der Waals surface area contributed by atoms with Crippen LogP contribution in [-0.4, -0.2) is 43.3 Å². The summed E-state index contributed by atoms with van der Waals surface area (Å²) in [4.78, 5) is 16.1. The predicted octanol–water partition coefficient (Wildman–Crippen LogP) is 3.65. The highest BCUT2D eigenvalue weighted by molar-refractivity contribution is 7.89. The quantitative estimate of drug-likeness (QED) is 0.641. The minimum absolute atomic E-state index is 0.174. The van der Waals surface area contributed by atoms with Gasteiger partial charge >= 0.3 is 6.09 Å². The molecular formula is C22H32N4O5S. The second-order valence-corrected chi connectivity index (χ2v) is 11.1. The van der Waals surface area contributed by atoms with Crippen molar-refractivity contribution in [2.75, 3.05) is 13.1 Å². The van der Waals surface area contributed by atoms with Gasteiger partial charge in [-0.2, -0.15) is 4.98 Å². The van der Waals surface area contributed by atoms with E-state index in [1.165, 1.54) is 0 Å². The van der Waals surface area contributed by atoms with Gasteiger partial charge in [0.1, 0.15) is 5.60 Å². The molecular weight excluding hydrogens is 432 g/mol. The second kappa shape index (κ2) is 9.99. The molecule has 0 unspecified atom stereocenters. The molecule has 9 nitrogen and oxygen atoms in total. The number of carbonyl (C=O) groups excluding carboxylic acids is 1. The molecule has 1 aromatic heterocycles. The van der Waals surface area contributed by atoms with E-state index in [0.717, 1.165) is 25.7 Å². The first-order valence-corrected chi connectivity index (χ1v) is 12.4.